The molecule has 0 bridgehead atoms. The van der Waals surface area contributed by atoms with Gasteiger partial charge in [0.05, 0.1) is 18.8 Å². The highest BCUT2D eigenvalue weighted by Crippen LogP contribution is 2.13. The van der Waals surface area contributed by atoms with Gasteiger partial charge in [0.2, 0.25) is 5.91 Å². The van der Waals surface area contributed by atoms with Crippen molar-refractivity contribution in [3.63, 3.8) is 0 Å². The van der Waals surface area contributed by atoms with Gasteiger partial charge in [-0.3, -0.25) is 9.59 Å². The molecule has 0 aromatic heterocycles. The number of hydrogen-bond donors (Lipinski definition) is 2. The van der Waals surface area contributed by atoms with Gasteiger partial charge < -0.3 is 20.7 Å². The lowest BCUT2D eigenvalue weighted by molar-refractivity contribution is -0.121. The Balaban J connectivity index is 2.58. The summed E-state index contributed by atoms with van der Waals surface area (Å²) in [6.45, 7) is 0.648. The Kier molecular flexibility index (Phi) is 5.92. The van der Waals surface area contributed by atoms with Crippen LogP contribution >= 0.6 is 0 Å². The number of nitrogen functional groups attached to an aromatic ring is 1. The molecule has 2 amide bonds. The van der Waals surface area contributed by atoms with Crippen LogP contribution in [0.25, 0.3) is 0 Å². The fraction of sp³-hybridized carbons (Fsp3) is 0.385. The van der Waals surface area contributed by atoms with E-state index in [1.165, 1.54) is 31.2 Å². The molecule has 1 rings (SSSR count). The van der Waals surface area contributed by atoms with Crippen LogP contribution in [-0.2, 0) is 9.53 Å². The SMILES string of the molecule is COCCNC(=O)CN(C)C(=O)c1ccc(N)c(F)c1. The zero-order valence-electron chi connectivity index (χ0n) is 11.5. The molecule has 0 aliphatic rings. The molecule has 0 unspecified atom stereocenters. The Morgan fingerprint density at radius 3 is 2.75 bits per heavy atom. The first kappa shape index (κ1) is 15.9. The summed E-state index contributed by atoms with van der Waals surface area (Å²) in [5, 5.41) is 2.59. The van der Waals surface area contributed by atoms with Crippen LogP contribution in [0.3, 0.4) is 0 Å². The van der Waals surface area contributed by atoms with Crippen LogP contribution in [0.15, 0.2) is 18.2 Å². The van der Waals surface area contributed by atoms with E-state index in [4.69, 9.17) is 10.5 Å². The second-order valence-corrected chi connectivity index (χ2v) is 4.24. The van der Waals surface area contributed by atoms with Gasteiger partial charge in [-0.05, 0) is 18.2 Å². The molecule has 110 valence electrons. The highest BCUT2D eigenvalue weighted by Gasteiger charge is 2.15. The van der Waals surface area contributed by atoms with Gasteiger partial charge in [-0.1, -0.05) is 0 Å². The molecule has 1 aromatic carbocycles. The summed E-state index contributed by atoms with van der Waals surface area (Å²) in [6, 6.07) is 3.78. The van der Waals surface area contributed by atoms with Crippen molar-refractivity contribution in [1.29, 1.82) is 0 Å². The Hall–Kier alpha value is -2.15. The molecule has 20 heavy (non-hydrogen) atoms. The van der Waals surface area contributed by atoms with E-state index in [9.17, 15) is 14.0 Å². The van der Waals surface area contributed by atoms with Gasteiger partial charge >= 0.3 is 0 Å². The van der Waals surface area contributed by atoms with Crippen molar-refractivity contribution in [2.45, 2.75) is 0 Å². The number of nitrogens with one attached hydrogen (secondary N) is 1. The summed E-state index contributed by atoms with van der Waals surface area (Å²) in [5.74, 6) is -1.42. The Labute approximate surface area is 116 Å². The van der Waals surface area contributed by atoms with Gasteiger partial charge in [0.15, 0.2) is 0 Å². The minimum absolute atomic E-state index is 0.0264. The fourth-order valence-electron chi connectivity index (χ4n) is 1.52. The normalized spacial score (nSPS) is 10.2. The van der Waals surface area contributed by atoms with E-state index >= 15 is 0 Å². The van der Waals surface area contributed by atoms with Crippen molar-refractivity contribution >= 4 is 17.5 Å². The molecular weight excluding hydrogens is 265 g/mol. The van der Waals surface area contributed by atoms with E-state index in [0.29, 0.717) is 13.2 Å². The summed E-state index contributed by atoms with van der Waals surface area (Å²) in [4.78, 5) is 24.7. The van der Waals surface area contributed by atoms with E-state index in [-0.39, 0.29) is 23.7 Å². The van der Waals surface area contributed by atoms with E-state index in [2.05, 4.69) is 5.32 Å². The van der Waals surface area contributed by atoms with Crippen LogP contribution in [0.4, 0.5) is 10.1 Å². The largest absolute Gasteiger partial charge is 0.396 e. The molecule has 0 saturated heterocycles. The third-order valence-corrected chi connectivity index (χ3v) is 2.60. The summed E-state index contributed by atoms with van der Waals surface area (Å²) in [5.41, 5.74) is 5.45. The first-order chi connectivity index (χ1) is 9.45. The topological polar surface area (TPSA) is 84.7 Å². The van der Waals surface area contributed by atoms with Crippen molar-refractivity contribution in [3.05, 3.63) is 29.6 Å². The maximum absolute atomic E-state index is 13.3. The molecule has 3 N–H and O–H groups in total. The predicted molar refractivity (Wildman–Crippen MR) is 72.7 cm³/mol. The van der Waals surface area contributed by atoms with Crippen molar-refractivity contribution in [3.8, 4) is 0 Å². The third kappa shape index (κ3) is 4.51. The number of hydrogen-bond acceptors (Lipinski definition) is 4. The predicted octanol–water partition coefficient (Wildman–Crippen LogP) is 0.243. The molecule has 1 aromatic rings. The number of carbonyl (C=O) groups is 2. The van der Waals surface area contributed by atoms with Crippen LogP contribution in [0.1, 0.15) is 10.4 Å². The maximum Gasteiger partial charge on any atom is 0.254 e. The molecule has 0 spiro atoms. The first-order valence-electron chi connectivity index (χ1n) is 6.02. The minimum Gasteiger partial charge on any atom is -0.396 e. The zero-order chi connectivity index (χ0) is 15.1. The van der Waals surface area contributed by atoms with Gasteiger partial charge in [-0.25, -0.2) is 4.39 Å². The Morgan fingerprint density at radius 2 is 2.15 bits per heavy atom. The number of anilines is 1. The molecule has 0 atom stereocenters. The van der Waals surface area contributed by atoms with Crippen molar-refractivity contribution < 1.29 is 18.7 Å². The minimum atomic E-state index is -0.659. The smallest absolute Gasteiger partial charge is 0.254 e. The van der Waals surface area contributed by atoms with Crippen molar-refractivity contribution in [2.75, 3.05) is 39.6 Å². The second-order valence-electron chi connectivity index (χ2n) is 4.24. The molecule has 0 fully saturated rings. The van der Waals surface area contributed by atoms with Crippen LogP contribution in [0.2, 0.25) is 0 Å². The number of rotatable bonds is 6. The number of likely N-dealkylation sites (N-methyl/N-ethyl adjacent to an activating group) is 1. The van der Waals surface area contributed by atoms with Crippen LogP contribution in [0.5, 0.6) is 0 Å². The quantitative estimate of drug-likeness (QED) is 0.578. The van der Waals surface area contributed by atoms with Gasteiger partial charge in [0.25, 0.3) is 5.91 Å². The lowest BCUT2D eigenvalue weighted by Gasteiger charge is -2.17. The molecule has 0 saturated carbocycles. The lowest BCUT2D eigenvalue weighted by atomic mass is 10.1. The van der Waals surface area contributed by atoms with Gasteiger partial charge in [0, 0.05) is 26.3 Å². The lowest BCUT2D eigenvalue weighted by Crippen LogP contribution is -2.39. The van der Waals surface area contributed by atoms with E-state index in [1.54, 1.807) is 0 Å². The summed E-state index contributed by atoms with van der Waals surface area (Å²) >= 11 is 0. The highest BCUT2D eigenvalue weighted by atomic mass is 19.1. The number of amides is 2. The van der Waals surface area contributed by atoms with Crippen LogP contribution in [-0.4, -0.2) is 50.6 Å². The number of carbonyl (C=O) groups excluding carboxylic acids is 2. The van der Waals surface area contributed by atoms with Crippen molar-refractivity contribution in [1.82, 2.24) is 10.2 Å². The number of nitrogens with zero attached hydrogens (tertiary/aromatic N) is 1. The monoisotopic (exact) mass is 283 g/mol. The highest BCUT2D eigenvalue weighted by molar-refractivity contribution is 5.96. The summed E-state index contributed by atoms with van der Waals surface area (Å²) in [6.07, 6.45) is 0. The van der Waals surface area contributed by atoms with Crippen molar-refractivity contribution in [2.24, 2.45) is 0 Å². The first-order valence-corrected chi connectivity index (χ1v) is 6.02. The van der Waals surface area contributed by atoms with E-state index in [1.807, 2.05) is 0 Å². The molecule has 6 nitrogen and oxygen atoms in total. The molecular formula is C13H18FN3O3. The second kappa shape index (κ2) is 7.44. The number of ether oxygens (including phenoxy) is 1. The number of nitrogens with two attached hydrogens (primary N) is 1. The average molecular weight is 283 g/mol. The molecule has 7 heteroatoms. The molecule has 0 aliphatic carbocycles. The van der Waals surface area contributed by atoms with E-state index < -0.39 is 11.7 Å². The standard InChI is InChI=1S/C13H18FN3O3/c1-17(8-12(18)16-5-6-20-2)13(19)9-3-4-11(15)10(14)7-9/h3-4,7H,5-6,8,15H2,1-2H3,(H,16,18). The molecule has 0 aliphatic heterocycles. The Bertz CT molecular complexity index is 494. The van der Waals surface area contributed by atoms with E-state index in [0.717, 1.165) is 6.07 Å². The molecule has 0 radical (unpaired) electrons. The maximum atomic E-state index is 13.3. The number of halogens is 1. The number of methoxy groups -OCH3 is 1. The Morgan fingerprint density at radius 1 is 1.45 bits per heavy atom. The van der Waals surface area contributed by atoms with Gasteiger partial charge in [-0.15, -0.1) is 0 Å². The fourth-order valence-corrected chi connectivity index (χ4v) is 1.52. The number of benzene rings is 1. The summed E-state index contributed by atoms with van der Waals surface area (Å²) in [7, 11) is 2.99. The molecule has 0 heterocycles. The van der Waals surface area contributed by atoms with Crippen LogP contribution in [0, 0.1) is 5.82 Å². The van der Waals surface area contributed by atoms with Gasteiger partial charge in [0.1, 0.15) is 5.82 Å². The zero-order valence-corrected chi connectivity index (χ0v) is 11.5. The average Bonchev–Trinajstić information content (AvgIpc) is 2.41. The summed E-state index contributed by atoms with van der Waals surface area (Å²) < 4.78 is 18.1. The van der Waals surface area contributed by atoms with Crippen LogP contribution < -0.4 is 11.1 Å². The third-order valence-electron chi connectivity index (χ3n) is 2.60. The van der Waals surface area contributed by atoms with Gasteiger partial charge in [-0.2, -0.15) is 0 Å².